The molecule has 148 valence electrons. The fourth-order valence-corrected chi connectivity index (χ4v) is 4.30. The standard InChI is InChI=1S/C18H29N3O3S.ClH/c1-4-12-21(15-8-10-19-11-9-15)18(22)17-13-16(7-6-14(17)3)25(23,24)20-5-2;/h6-7,13,15,19-20H,4-5,8-12H2,1-3H3;1H. The van der Waals surface area contributed by atoms with Gasteiger partial charge in [0, 0.05) is 24.7 Å². The minimum atomic E-state index is -3.58. The first-order valence-corrected chi connectivity index (χ1v) is 10.5. The van der Waals surface area contributed by atoms with Crippen molar-refractivity contribution in [3.63, 3.8) is 0 Å². The van der Waals surface area contributed by atoms with Crippen LogP contribution in [0.3, 0.4) is 0 Å². The monoisotopic (exact) mass is 403 g/mol. The third kappa shape index (κ3) is 5.42. The van der Waals surface area contributed by atoms with E-state index in [-0.39, 0.29) is 29.3 Å². The number of carbonyl (C=O) groups is 1. The van der Waals surface area contributed by atoms with Crippen molar-refractivity contribution in [1.29, 1.82) is 0 Å². The Morgan fingerprint density at radius 1 is 1.27 bits per heavy atom. The number of rotatable bonds is 7. The molecule has 0 saturated carbocycles. The number of piperidine rings is 1. The lowest BCUT2D eigenvalue weighted by Crippen LogP contribution is -2.46. The SMILES string of the molecule is CCCN(C(=O)c1cc(S(=O)(=O)NCC)ccc1C)C1CCNCC1.Cl. The van der Waals surface area contributed by atoms with Gasteiger partial charge in [-0.1, -0.05) is 19.9 Å². The van der Waals surface area contributed by atoms with Crippen molar-refractivity contribution in [2.45, 2.75) is 51.0 Å². The minimum absolute atomic E-state index is 0. The van der Waals surface area contributed by atoms with Crippen LogP contribution in [0.15, 0.2) is 23.1 Å². The molecule has 26 heavy (non-hydrogen) atoms. The average molecular weight is 404 g/mol. The van der Waals surface area contributed by atoms with Gasteiger partial charge in [0.25, 0.3) is 5.91 Å². The number of hydrogen-bond acceptors (Lipinski definition) is 4. The molecule has 0 spiro atoms. The summed E-state index contributed by atoms with van der Waals surface area (Å²) in [6, 6.07) is 4.99. The highest BCUT2D eigenvalue weighted by atomic mass is 35.5. The van der Waals surface area contributed by atoms with Gasteiger partial charge in [0.15, 0.2) is 0 Å². The molecule has 1 aromatic rings. The van der Waals surface area contributed by atoms with Crippen molar-refractivity contribution < 1.29 is 13.2 Å². The summed E-state index contributed by atoms with van der Waals surface area (Å²) in [7, 11) is -3.58. The lowest BCUT2D eigenvalue weighted by Gasteiger charge is -2.35. The van der Waals surface area contributed by atoms with E-state index in [0.29, 0.717) is 18.7 Å². The second-order valence-corrected chi connectivity index (χ2v) is 8.22. The molecule has 0 bridgehead atoms. The van der Waals surface area contributed by atoms with Crippen LogP contribution >= 0.6 is 12.4 Å². The molecule has 2 rings (SSSR count). The highest BCUT2D eigenvalue weighted by Crippen LogP contribution is 2.21. The summed E-state index contributed by atoms with van der Waals surface area (Å²) >= 11 is 0. The van der Waals surface area contributed by atoms with Crippen molar-refractivity contribution >= 4 is 28.3 Å². The summed E-state index contributed by atoms with van der Waals surface area (Å²) in [4.78, 5) is 15.2. The van der Waals surface area contributed by atoms with Crippen LogP contribution in [0.2, 0.25) is 0 Å². The predicted molar refractivity (Wildman–Crippen MR) is 107 cm³/mol. The number of benzene rings is 1. The number of nitrogens with zero attached hydrogens (tertiary/aromatic N) is 1. The van der Waals surface area contributed by atoms with Crippen LogP contribution in [0.25, 0.3) is 0 Å². The highest BCUT2D eigenvalue weighted by Gasteiger charge is 2.27. The van der Waals surface area contributed by atoms with Crippen molar-refractivity contribution in [2.75, 3.05) is 26.2 Å². The molecule has 0 aromatic heterocycles. The van der Waals surface area contributed by atoms with Crippen molar-refractivity contribution in [2.24, 2.45) is 0 Å². The van der Waals surface area contributed by atoms with E-state index in [1.807, 2.05) is 11.8 Å². The lowest BCUT2D eigenvalue weighted by atomic mass is 10.0. The van der Waals surface area contributed by atoms with Crippen LogP contribution < -0.4 is 10.0 Å². The van der Waals surface area contributed by atoms with Crippen molar-refractivity contribution in [1.82, 2.24) is 14.9 Å². The highest BCUT2D eigenvalue weighted by molar-refractivity contribution is 7.89. The van der Waals surface area contributed by atoms with Crippen LogP contribution in [0.5, 0.6) is 0 Å². The number of halogens is 1. The molecule has 1 aliphatic heterocycles. The molecule has 0 aliphatic carbocycles. The largest absolute Gasteiger partial charge is 0.336 e. The van der Waals surface area contributed by atoms with E-state index in [4.69, 9.17) is 0 Å². The molecule has 0 unspecified atom stereocenters. The fraction of sp³-hybridized carbons (Fsp3) is 0.611. The maximum atomic E-state index is 13.2. The van der Waals surface area contributed by atoms with Crippen molar-refractivity contribution in [3.05, 3.63) is 29.3 Å². The number of hydrogen-bond donors (Lipinski definition) is 2. The third-order valence-corrected chi connectivity index (χ3v) is 6.10. The van der Waals surface area contributed by atoms with Gasteiger partial charge in [-0.05, 0) is 57.0 Å². The molecule has 1 heterocycles. The van der Waals surface area contributed by atoms with Gasteiger partial charge in [-0.25, -0.2) is 13.1 Å². The zero-order valence-corrected chi connectivity index (χ0v) is 17.4. The van der Waals surface area contributed by atoms with E-state index in [0.717, 1.165) is 37.9 Å². The molecule has 8 heteroatoms. The quantitative estimate of drug-likeness (QED) is 0.732. The molecule has 0 radical (unpaired) electrons. The second-order valence-electron chi connectivity index (χ2n) is 6.46. The topological polar surface area (TPSA) is 78.5 Å². The van der Waals surface area contributed by atoms with E-state index in [1.165, 1.54) is 6.07 Å². The molecule has 1 aromatic carbocycles. The van der Waals surface area contributed by atoms with Crippen LogP contribution in [-0.4, -0.2) is 51.4 Å². The molecular formula is C18H30ClN3O3S. The Kier molecular flexibility index (Phi) is 9.03. The molecule has 6 nitrogen and oxygen atoms in total. The number of sulfonamides is 1. The summed E-state index contributed by atoms with van der Waals surface area (Å²) in [5.41, 5.74) is 1.28. The maximum Gasteiger partial charge on any atom is 0.254 e. The second kappa shape index (κ2) is 10.3. The molecule has 0 atom stereocenters. The Labute approximate surface area is 163 Å². The summed E-state index contributed by atoms with van der Waals surface area (Å²) < 4.78 is 27.0. The van der Waals surface area contributed by atoms with Gasteiger partial charge in [0.05, 0.1) is 4.90 Å². The summed E-state index contributed by atoms with van der Waals surface area (Å²) in [5, 5.41) is 3.32. The smallest absolute Gasteiger partial charge is 0.254 e. The summed E-state index contributed by atoms with van der Waals surface area (Å²) in [6.45, 7) is 8.46. The first-order chi connectivity index (χ1) is 11.9. The van der Waals surface area contributed by atoms with Crippen molar-refractivity contribution in [3.8, 4) is 0 Å². The Morgan fingerprint density at radius 3 is 2.50 bits per heavy atom. The molecule has 1 aliphatic rings. The first-order valence-electron chi connectivity index (χ1n) is 9.02. The number of carbonyl (C=O) groups excluding carboxylic acids is 1. The van der Waals surface area contributed by atoms with E-state index < -0.39 is 10.0 Å². The van der Waals surface area contributed by atoms with Crippen LogP contribution in [-0.2, 0) is 10.0 Å². The van der Waals surface area contributed by atoms with Crippen LogP contribution in [0.1, 0.15) is 49.0 Å². The molecule has 1 saturated heterocycles. The van der Waals surface area contributed by atoms with Crippen LogP contribution in [0.4, 0.5) is 0 Å². The predicted octanol–water partition coefficient (Wildman–Crippen LogP) is 2.32. The van der Waals surface area contributed by atoms with Gasteiger partial charge in [-0.3, -0.25) is 4.79 Å². The lowest BCUT2D eigenvalue weighted by molar-refractivity contribution is 0.0641. The van der Waals surface area contributed by atoms with Gasteiger partial charge in [-0.2, -0.15) is 0 Å². The van der Waals surface area contributed by atoms with E-state index in [9.17, 15) is 13.2 Å². The van der Waals surface area contributed by atoms with E-state index >= 15 is 0 Å². The van der Waals surface area contributed by atoms with Gasteiger partial charge in [0.2, 0.25) is 10.0 Å². The molecule has 1 fully saturated rings. The van der Waals surface area contributed by atoms with Crippen LogP contribution in [0, 0.1) is 6.92 Å². The first kappa shape index (κ1) is 22.9. The minimum Gasteiger partial charge on any atom is -0.336 e. The molecule has 2 N–H and O–H groups in total. The van der Waals surface area contributed by atoms with Gasteiger partial charge in [0.1, 0.15) is 0 Å². The van der Waals surface area contributed by atoms with Gasteiger partial charge < -0.3 is 10.2 Å². The Balaban J connectivity index is 0.00000338. The maximum absolute atomic E-state index is 13.2. The average Bonchev–Trinajstić information content (AvgIpc) is 2.60. The zero-order chi connectivity index (χ0) is 18.4. The number of nitrogens with one attached hydrogen (secondary N) is 2. The Bertz CT molecular complexity index is 704. The Hall–Kier alpha value is -1.15. The third-order valence-electron chi connectivity index (χ3n) is 4.56. The fourth-order valence-electron chi connectivity index (χ4n) is 3.24. The normalized spacial score (nSPS) is 15.3. The van der Waals surface area contributed by atoms with E-state index in [1.54, 1.807) is 19.1 Å². The molecular weight excluding hydrogens is 374 g/mol. The summed E-state index contributed by atoms with van der Waals surface area (Å²) in [5.74, 6) is -0.0696. The zero-order valence-electron chi connectivity index (χ0n) is 15.7. The van der Waals surface area contributed by atoms with E-state index in [2.05, 4.69) is 17.0 Å². The van der Waals surface area contributed by atoms with Gasteiger partial charge >= 0.3 is 0 Å². The molecule has 1 amide bonds. The summed E-state index contributed by atoms with van der Waals surface area (Å²) in [6.07, 6.45) is 2.74. The van der Waals surface area contributed by atoms with Gasteiger partial charge in [-0.15, -0.1) is 12.4 Å². The Morgan fingerprint density at radius 2 is 1.92 bits per heavy atom. The number of aryl methyl sites for hydroxylation is 1. The number of amides is 1.